The number of halogens is 8. The minimum atomic E-state index is -5.21. The summed E-state index contributed by atoms with van der Waals surface area (Å²) in [6.45, 7) is 1.15. The molecule has 3 rings (SSSR count). The van der Waals surface area contributed by atoms with Crippen LogP contribution in [0.5, 0.6) is 23.0 Å². The molecule has 0 saturated carbocycles. The molecule has 1 amide bonds. The summed E-state index contributed by atoms with van der Waals surface area (Å²) in [5.74, 6) is -6.25. The fraction of sp³-hybridized carbons (Fsp3) is 0.174. The number of carbonyl (C=O) groups excluding carboxylic acids is 2. The van der Waals surface area contributed by atoms with Crippen molar-refractivity contribution in [3.8, 4) is 23.0 Å². The van der Waals surface area contributed by atoms with E-state index in [2.05, 4.69) is 15.0 Å². The smallest absolute Gasteiger partial charge is 0.493 e. The van der Waals surface area contributed by atoms with Crippen LogP contribution in [-0.2, 0) is 6.18 Å². The highest BCUT2D eigenvalue weighted by Gasteiger charge is 2.38. The maximum atomic E-state index is 15.1. The number of nitrogens with zero attached hydrogens (tertiary/aromatic N) is 1. The molecule has 1 aromatic heterocycles. The molecule has 15 heteroatoms. The minimum Gasteiger partial charge on any atom is -0.493 e. The van der Waals surface area contributed by atoms with Gasteiger partial charge in [0.25, 0.3) is 5.91 Å². The number of Topliss-reactive ketones (excluding diaryl/α,β-unsaturated/α-hetero) is 1. The lowest BCUT2D eigenvalue weighted by molar-refractivity contribution is -0.274. The molecule has 38 heavy (non-hydrogen) atoms. The number of pyridine rings is 1. The third-order valence-electron chi connectivity index (χ3n) is 4.69. The highest BCUT2D eigenvalue weighted by atomic mass is 35.5. The lowest BCUT2D eigenvalue weighted by Crippen LogP contribution is -2.19. The molecule has 1 heterocycles. The summed E-state index contributed by atoms with van der Waals surface area (Å²) in [5.41, 5.74) is -3.46. The number of carbonyl (C=O) groups is 2. The lowest BCUT2D eigenvalue weighted by atomic mass is 10.1. The van der Waals surface area contributed by atoms with Crippen LogP contribution in [0.25, 0.3) is 0 Å². The Labute approximate surface area is 214 Å². The Morgan fingerprint density at radius 3 is 2.21 bits per heavy atom. The second-order valence-corrected chi connectivity index (χ2v) is 7.73. The van der Waals surface area contributed by atoms with E-state index in [0.717, 1.165) is 44.5 Å². The molecule has 3 aromatic rings. The van der Waals surface area contributed by atoms with Gasteiger partial charge < -0.3 is 19.5 Å². The van der Waals surface area contributed by atoms with Crippen molar-refractivity contribution in [2.45, 2.75) is 19.5 Å². The number of nitrogens with one attached hydrogen (secondary N) is 1. The van der Waals surface area contributed by atoms with Crippen LogP contribution in [0.15, 0.2) is 42.6 Å². The van der Waals surface area contributed by atoms with Gasteiger partial charge in [-0.15, -0.1) is 13.2 Å². The standard InChI is InChI=1S/C23H14ClF7N2O5/c1-10(34)14-8-15(13(24)9-32-14)33-21(35)19-17(6-4-12(20(19)25)22(26,27)28)37-16-5-3-11(7-18(16)36-2)38-23(29,30)31/h3-9H,1-2H3,(H,32,33,35). The molecule has 1 N–H and O–H groups in total. The first-order valence-corrected chi connectivity index (χ1v) is 10.5. The molecule has 0 radical (unpaired) electrons. The topological polar surface area (TPSA) is 86.8 Å². The number of hydrogen-bond acceptors (Lipinski definition) is 6. The Morgan fingerprint density at radius 1 is 0.974 bits per heavy atom. The Balaban J connectivity index is 2.08. The van der Waals surface area contributed by atoms with E-state index < -0.39 is 58.4 Å². The summed E-state index contributed by atoms with van der Waals surface area (Å²) in [6, 6.07) is 4.42. The van der Waals surface area contributed by atoms with Gasteiger partial charge in [-0.25, -0.2) is 4.39 Å². The van der Waals surface area contributed by atoms with E-state index in [1.165, 1.54) is 0 Å². The number of hydrogen-bond donors (Lipinski definition) is 1. The number of anilines is 1. The summed E-state index contributed by atoms with van der Waals surface area (Å²) in [7, 11) is 1.04. The van der Waals surface area contributed by atoms with Gasteiger partial charge in [-0.05, 0) is 30.3 Å². The van der Waals surface area contributed by atoms with Crippen molar-refractivity contribution >= 4 is 29.0 Å². The number of ketones is 1. The highest BCUT2D eigenvalue weighted by molar-refractivity contribution is 6.34. The molecule has 202 valence electrons. The predicted molar refractivity (Wildman–Crippen MR) is 118 cm³/mol. The van der Waals surface area contributed by atoms with Gasteiger partial charge in [-0.1, -0.05) is 11.6 Å². The SMILES string of the molecule is COc1cc(OC(F)(F)F)ccc1Oc1ccc(C(F)(F)F)c(F)c1C(=O)Nc1cc(C(C)=O)ncc1Cl. The second kappa shape index (κ2) is 10.7. The quantitative estimate of drug-likeness (QED) is 0.244. The van der Waals surface area contributed by atoms with Gasteiger partial charge in [0.2, 0.25) is 0 Å². The third kappa shape index (κ3) is 6.62. The lowest BCUT2D eigenvalue weighted by Gasteiger charge is -2.18. The van der Waals surface area contributed by atoms with Crippen LogP contribution in [0.2, 0.25) is 5.02 Å². The van der Waals surface area contributed by atoms with Crippen LogP contribution >= 0.6 is 11.6 Å². The van der Waals surface area contributed by atoms with Crippen molar-refractivity contribution < 1.29 is 54.5 Å². The Hall–Kier alpha value is -4.07. The van der Waals surface area contributed by atoms with Crippen molar-refractivity contribution in [2.75, 3.05) is 12.4 Å². The van der Waals surface area contributed by atoms with Gasteiger partial charge in [0, 0.05) is 19.2 Å². The van der Waals surface area contributed by atoms with Gasteiger partial charge in [0.15, 0.2) is 23.1 Å². The van der Waals surface area contributed by atoms with Crippen LogP contribution in [0.3, 0.4) is 0 Å². The number of rotatable bonds is 7. The first-order valence-electron chi connectivity index (χ1n) is 10.1. The second-order valence-electron chi connectivity index (χ2n) is 7.32. The highest BCUT2D eigenvalue weighted by Crippen LogP contribution is 2.41. The van der Waals surface area contributed by atoms with Crippen molar-refractivity contribution in [2.24, 2.45) is 0 Å². The molecule has 2 aromatic carbocycles. The number of aromatic nitrogens is 1. The predicted octanol–water partition coefficient (Wildman–Crippen LogP) is 7.05. The molecule has 0 aliphatic heterocycles. The number of ether oxygens (including phenoxy) is 3. The van der Waals surface area contributed by atoms with E-state index in [4.69, 9.17) is 21.1 Å². The first kappa shape index (κ1) is 28.5. The van der Waals surface area contributed by atoms with Crippen LogP contribution in [0, 0.1) is 5.82 Å². The maximum Gasteiger partial charge on any atom is 0.573 e. The van der Waals surface area contributed by atoms with Gasteiger partial charge >= 0.3 is 12.5 Å². The number of alkyl halides is 6. The molecule has 0 spiro atoms. The first-order chi connectivity index (χ1) is 17.6. The van der Waals surface area contributed by atoms with Crippen LogP contribution in [-0.4, -0.2) is 30.1 Å². The average molecular weight is 567 g/mol. The Morgan fingerprint density at radius 2 is 1.63 bits per heavy atom. The summed E-state index contributed by atoms with van der Waals surface area (Å²) < 4.78 is 107. The van der Waals surface area contributed by atoms with E-state index in [9.17, 15) is 35.9 Å². The van der Waals surface area contributed by atoms with Crippen LogP contribution < -0.4 is 19.5 Å². The monoisotopic (exact) mass is 566 g/mol. The van der Waals surface area contributed by atoms with E-state index in [0.29, 0.717) is 12.1 Å². The fourth-order valence-electron chi connectivity index (χ4n) is 3.03. The molecule has 0 bridgehead atoms. The van der Waals surface area contributed by atoms with Gasteiger partial charge in [-0.2, -0.15) is 13.2 Å². The van der Waals surface area contributed by atoms with E-state index >= 15 is 4.39 Å². The van der Waals surface area contributed by atoms with Crippen LogP contribution in [0.4, 0.5) is 36.4 Å². The molecular formula is C23H14ClF7N2O5. The molecule has 7 nitrogen and oxygen atoms in total. The number of amides is 1. The van der Waals surface area contributed by atoms with Crippen molar-refractivity contribution in [3.05, 3.63) is 70.3 Å². The third-order valence-corrected chi connectivity index (χ3v) is 4.99. The van der Waals surface area contributed by atoms with Gasteiger partial charge in [0.05, 0.1) is 23.4 Å². The summed E-state index contributed by atoms with van der Waals surface area (Å²) in [5, 5.41) is 1.88. The van der Waals surface area contributed by atoms with Crippen molar-refractivity contribution in [1.29, 1.82) is 0 Å². The van der Waals surface area contributed by atoms with E-state index in [-0.39, 0.29) is 22.2 Å². The van der Waals surface area contributed by atoms with Gasteiger partial charge in [-0.3, -0.25) is 14.6 Å². The van der Waals surface area contributed by atoms with Gasteiger partial charge in [0.1, 0.15) is 22.8 Å². The largest absolute Gasteiger partial charge is 0.573 e. The zero-order valence-electron chi connectivity index (χ0n) is 19.1. The Bertz CT molecular complexity index is 1390. The zero-order valence-corrected chi connectivity index (χ0v) is 19.8. The van der Waals surface area contributed by atoms with E-state index in [1.54, 1.807) is 0 Å². The number of benzene rings is 2. The van der Waals surface area contributed by atoms with Crippen molar-refractivity contribution in [3.63, 3.8) is 0 Å². The number of methoxy groups -OCH3 is 1. The molecule has 0 atom stereocenters. The molecular weight excluding hydrogens is 553 g/mol. The molecule has 0 aliphatic rings. The van der Waals surface area contributed by atoms with Crippen molar-refractivity contribution in [1.82, 2.24) is 4.98 Å². The zero-order chi connectivity index (χ0) is 28.4. The summed E-state index contributed by atoms with van der Waals surface area (Å²) >= 11 is 5.94. The maximum absolute atomic E-state index is 15.1. The Kier molecular flexibility index (Phi) is 8.05. The molecule has 0 saturated heterocycles. The van der Waals surface area contributed by atoms with E-state index in [1.807, 2.05) is 0 Å². The summed E-state index contributed by atoms with van der Waals surface area (Å²) in [6.07, 6.45) is -9.25. The van der Waals surface area contributed by atoms with Crippen LogP contribution in [0.1, 0.15) is 33.3 Å². The summed E-state index contributed by atoms with van der Waals surface area (Å²) in [4.78, 5) is 28.3. The molecule has 0 fully saturated rings. The average Bonchev–Trinajstić information content (AvgIpc) is 2.79. The molecule has 0 aliphatic carbocycles. The molecule has 0 unspecified atom stereocenters. The normalized spacial score (nSPS) is 11.6. The fourth-order valence-corrected chi connectivity index (χ4v) is 3.18. The minimum absolute atomic E-state index is 0.156.